The van der Waals surface area contributed by atoms with Crippen LogP contribution in [0, 0.1) is 17.8 Å². The minimum absolute atomic E-state index is 0.00171. The molecule has 7 nitrogen and oxygen atoms in total. The molecule has 5 rings (SSSR count). The summed E-state index contributed by atoms with van der Waals surface area (Å²) in [6.07, 6.45) is 5.65. The average molecular weight is 368 g/mol. The Hall–Kier alpha value is -2.41. The van der Waals surface area contributed by atoms with E-state index in [4.69, 9.17) is 15.0 Å². The Bertz CT molecular complexity index is 828. The summed E-state index contributed by atoms with van der Waals surface area (Å²) >= 11 is 0. The second kappa shape index (κ2) is 6.64. The zero-order chi connectivity index (χ0) is 18.4. The van der Waals surface area contributed by atoms with Gasteiger partial charge in [0.2, 0.25) is 17.6 Å². The van der Waals surface area contributed by atoms with Crippen molar-refractivity contribution in [3.8, 4) is 5.75 Å². The molecule has 4 unspecified atom stereocenters. The lowest BCUT2D eigenvalue weighted by Crippen LogP contribution is -2.42. The Balaban J connectivity index is 1.16. The molecule has 1 heterocycles. The molecular formula is C20H24N4O3. The second-order valence-electron chi connectivity index (χ2n) is 8.06. The number of anilines is 1. The fourth-order valence-electron chi connectivity index (χ4n) is 4.56. The van der Waals surface area contributed by atoms with Gasteiger partial charge < -0.3 is 20.3 Å². The molecule has 0 spiro atoms. The third-order valence-electron chi connectivity index (χ3n) is 6.18. The van der Waals surface area contributed by atoms with Crippen LogP contribution in [0.2, 0.25) is 0 Å². The quantitative estimate of drug-likeness (QED) is 0.813. The Labute approximate surface area is 157 Å². The topological polar surface area (TPSA) is 103 Å². The van der Waals surface area contributed by atoms with Crippen LogP contribution in [0.15, 0.2) is 28.8 Å². The molecule has 3 fully saturated rings. The van der Waals surface area contributed by atoms with E-state index >= 15 is 0 Å². The largest absolute Gasteiger partial charge is 0.485 e. The standard InChI is InChI=1S/C20H24N4O3/c21-18-13-4-3-12(9-13)17(18)19(25)22-14-5-7-15(8-6-14)26-10-16-23-20(27-24-16)11-1-2-11/h5-8,11-13,17-18H,1-4,9-10,21H2,(H,22,25). The molecule has 1 aromatic carbocycles. The van der Waals surface area contributed by atoms with Gasteiger partial charge in [-0.25, -0.2) is 0 Å². The van der Waals surface area contributed by atoms with Gasteiger partial charge in [-0.1, -0.05) is 5.16 Å². The first kappa shape index (κ1) is 16.7. The van der Waals surface area contributed by atoms with Crippen molar-refractivity contribution >= 4 is 11.6 Å². The Kier molecular flexibility index (Phi) is 4.11. The van der Waals surface area contributed by atoms with E-state index in [9.17, 15) is 4.79 Å². The summed E-state index contributed by atoms with van der Waals surface area (Å²) in [6, 6.07) is 7.35. The molecule has 27 heavy (non-hydrogen) atoms. The highest BCUT2D eigenvalue weighted by molar-refractivity contribution is 5.93. The van der Waals surface area contributed by atoms with Crippen LogP contribution in [-0.2, 0) is 11.4 Å². The average Bonchev–Trinajstić information content (AvgIpc) is 3.11. The van der Waals surface area contributed by atoms with Crippen molar-refractivity contribution in [1.29, 1.82) is 0 Å². The molecule has 0 saturated heterocycles. The van der Waals surface area contributed by atoms with E-state index in [1.165, 1.54) is 6.42 Å². The molecule has 0 radical (unpaired) electrons. The van der Waals surface area contributed by atoms with Crippen LogP contribution in [0.25, 0.3) is 0 Å². The number of nitrogens with one attached hydrogen (secondary N) is 1. The lowest BCUT2D eigenvalue weighted by atomic mass is 9.84. The van der Waals surface area contributed by atoms with Crippen LogP contribution in [0.1, 0.15) is 49.7 Å². The fraction of sp³-hybridized carbons (Fsp3) is 0.550. The molecule has 4 atom stereocenters. The number of hydrogen-bond acceptors (Lipinski definition) is 6. The van der Waals surface area contributed by atoms with Crippen molar-refractivity contribution in [2.45, 2.75) is 50.7 Å². The molecule has 7 heteroatoms. The molecule has 3 aliphatic rings. The van der Waals surface area contributed by atoms with Gasteiger partial charge in [0.1, 0.15) is 5.75 Å². The number of nitrogens with two attached hydrogens (primary N) is 1. The van der Waals surface area contributed by atoms with Crippen molar-refractivity contribution in [1.82, 2.24) is 10.1 Å². The number of fused-ring (bicyclic) bond motifs is 2. The SMILES string of the molecule is NC1C2CCC(C2)C1C(=O)Nc1ccc(OCc2noc(C3CC3)n2)cc1. The van der Waals surface area contributed by atoms with E-state index in [2.05, 4.69) is 15.5 Å². The number of carbonyl (C=O) groups is 1. The van der Waals surface area contributed by atoms with Crippen LogP contribution in [0.4, 0.5) is 5.69 Å². The number of carbonyl (C=O) groups excluding carboxylic acids is 1. The van der Waals surface area contributed by atoms with Gasteiger partial charge in [0.25, 0.3) is 0 Å². The van der Waals surface area contributed by atoms with Crippen molar-refractivity contribution < 1.29 is 14.1 Å². The molecule has 142 valence electrons. The second-order valence-corrected chi connectivity index (χ2v) is 8.06. The Morgan fingerprint density at radius 3 is 2.67 bits per heavy atom. The number of aromatic nitrogens is 2. The van der Waals surface area contributed by atoms with Gasteiger partial charge in [0.05, 0.1) is 5.92 Å². The molecule has 3 aliphatic carbocycles. The lowest BCUT2D eigenvalue weighted by molar-refractivity contribution is -0.121. The lowest BCUT2D eigenvalue weighted by Gasteiger charge is -2.27. The van der Waals surface area contributed by atoms with Crippen LogP contribution < -0.4 is 15.8 Å². The van der Waals surface area contributed by atoms with Crippen LogP contribution in [-0.4, -0.2) is 22.1 Å². The summed E-state index contributed by atoms with van der Waals surface area (Å²) in [7, 11) is 0. The van der Waals surface area contributed by atoms with Gasteiger partial charge in [-0.15, -0.1) is 0 Å². The number of nitrogens with zero attached hydrogens (tertiary/aromatic N) is 2. The summed E-state index contributed by atoms with van der Waals surface area (Å²) in [5.74, 6) is 3.36. The van der Waals surface area contributed by atoms with Crippen molar-refractivity contribution in [3.05, 3.63) is 36.0 Å². The van der Waals surface area contributed by atoms with Crippen LogP contribution in [0.5, 0.6) is 5.75 Å². The Morgan fingerprint density at radius 2 is 1.96 bits per heavy atom. The molecule has 2 aromatic rings. The van der Waals surface area contributed by atoms with Gasteiger partial charge in [-0.05, 0) is 68.2 Å². The normalized spacial score (nSPS) is 29.1. The third kappa shape index (κ3) is 3.32. The minimum Gasteiger partial charge on any atom is -0.485 e. The monoisotopic (exact) mass is 368 g/mol. The molecule has 3 N–H and O–H groups in total. The van der Waals surface area contributed by atoms with E-state index in [1.807, 2.05) is 24.3 Å². The van der Waals surface area contributed by atoms with Crippen molar-refractivity contribution in [3.63, 3.8) is 0 Å². The summed E-state index contributed by atoms with van der Waals surface area (Å²) in [4.78, 5) is 17.0. The van der Waals surface area contributed by atoms with E-state index in [0.29, 0.717) is 35.2 Å². The highest BCUT2D eigenvalue weighted by Gasteiger charge is 2.49. The maximum atomic E-state index is 12.6. The van der Waals surface area contributed by atoms with Gasteiger partial charge in [0, 0.05) is 17.6 Å². The molecule has 1 aromatic heterocycles. The summed E-state index contributed by atoms with van der Waals surface area (Å²) < 4.78 is 10.9. The molecule has 3 saturated carbocycles. The number of ether oxygens (including phenoxy) is 1. The number of amides is 1. The highest BCUT2D eigenvalue weighted by atomic mass is 16.5. The van der Waals surface area contributed by atoms with Gasteiger partial charge >= 0.3 is 0 Å². The first-order chi connectivity index (χ1) is 13.2. The van der Waals surface area contributed by atoms with E-state index < -0.39 is 0 Å². The molecule has 2 bridgehead atoms. The predicted molar refractivity (Wildman–Crippen MR) is 98.0 cm³/mol. The van der Waals surface area contributed by atoms with Crippen molar-refractivity contribution in [2.75, 3.05) is 5.32 Å². The summed E-state index contributed by atoms with van der Waals surface area (Å²) in [5, 5.41) is 6.95. The zero-order valence-corrected chi connectivity index (χ0v) is 15.1. The van der Waals surface area contributed by atoms with Gasteiger partial charge in [-0.3, -0.25) is 4.79 Å². The van der Waals surface area contributed by atoms with E-state index in [-0.39, 0.29) is 24.5 Å². The maximum Gasteiger partial charge on any atom is 0.229 e. The highest BCUT2D eigenvalue weighted by Crippen LogP contribution is 2.48. The number of rotatable bonds is 6. The van der Waals surface area contributed by atoms with E-state index in [0.717, 1.165) is 31.4 Å². The van der Waals surface area contributed by atoms with Gasteiger partial charge in [-0.2, -0.15) is 4.98 Å². The van der Waals surface area contributed by atoms with Crippen LogP contribution >= 0.6 is 0 Å². The minimum atomic E-state index is -0.0569. The summed E-state index contributed by atoms with van der Waals surface area (Å²) in [5.41, 5.74) is 7.02. The number of hydrogen-bond donors (Lipinski definition) is 2. The first-order valence-electron chi connectivity index (χ1n) is 9.79. The molecular weight excluding hydrogens is 344 g/mol. The fourth-order valence-corrected chi connectivity index (χ4v) is 4.56. The van der Waals surface area contributed by atoms with Crippen LogP contribution in [0.3, 0.4) is 0 Å². The molecule has 1 amide bonds. The smallest absolute Gasteiger partial charge is 0.229 e. The number of benzene rings is 1. The zero-order valence-electron chi connectivity index (χ0n) is 15.1. The van der Waals surface area contributed by atoms with Gasteiger partial charge in [0.15, 0.2) is 6.61 Å². The van der Waals surface area contributed by atoms with E-state index in [1.54, 1.807) is 0 Å². The molecule has 0 aliphatic heterocycles. The van der Waals surface area contributed by atoms with Crippen molar-refractivity contribution in [2.24, 2.45) is 23.5 Å². The first-order valence-corrected chi connectivity index (χ1v) is 9.79. The third-order valence-corrected chi connectivity index (χ3v) is 6.18. The Morgan fingerprint density at radius 1 is 1.19 bits per heavy atom. The summed E-state index contributed by atoms with van der Waals surface area (Å²) in [6.45, 7) is 0.266. The predicted octanol–water partition coefficient (Wildman–Crippen LogP) is 2.84. The maximum absolute atomic E-state index is 12.6.